The lowest BCUT2D eigenvalue weighted by atomic mass is 9.87. The Bertz CT molecular complexity index is 353. The fourth-order valence-corrected chi connectivity index (χ4v) is 13.0. The molecule has 0 fully saturated rings. The minimum Gasteiger partial charge on any atom is -0.394 e. The van der Waals surface area contributed by atoms with Crippen molar-refractivity contribution >= 4 is 27.4 Å². The van der Waals surface area contributed by atoms with Gasteiger partial charge in [0.15, 0.2) is 0 Å². The van der Waals surface area contributed by atoms with Gasteiger partial charge in [0.25, 0.3) is 0 Å². The topological polar surface area (TPSA) is 18.5 Å². The molecule has 0 aliphatic heterocycles. The highest BCUT2D eigenvalue weighted by Crippen LogP contribution is 2.61. The Morgan fingerprint density at radius 3 is 1.74 bits per heavy atom. The van der Waals surface area contributed by atoms with Crippen molar-refractivity contribution < 1.29 is 8.85 Å². The summed E-state index contributed by atoms with van der Waals surface area (Å²) in [6.45, 7) is 21.2. The summed E-state index contributed by atoms with van der Waals surface area (Å²) in [5.41, 5.74) is 0.251. The highest BCUT2D eigenvalue weighted by molar-refractivity contribution is 8.50. The Morgan fingerprint density at radius 2 is 1.48 bits per heavy atom. The van der Waals surface area contributed by atoms with Crippen LogP contribution in [0.4, 0.5) is 0 Å². The summed E-state index contributed by atoms with van der Waals surface area (Å²) in [6.07, 6.45) is 6.65. The minimum atomic E-state index is -2.29. The molecule has 2 nitrogen and oxygen atoms in total. The molecular formula is C18H41O2SSi2. The first-order chi connectivity index (χ1) is 10.0. The van der Waals surface area contributed by atoms with Gasteiger partial charge >= 0.3 is 8.56 Å². The quantitative estimate of drug-likeness (QED) is 0.494. The first-order valence-corrected chi connectivity index (χ1v) is 15.0. The Balaban J connectivity index is 5.88. The average Bonchev–Trinajstić information content (AvgIpc) is 2.28. The molecule has 139 valence electrons. The molecule has 0 heterocycles. The van der Waals surface area contributed by atoms with Crippen LogP contribution in [0.3, 0.4) is 0 Å². The Hall–Kier alpha value is 0.704. The SMILES string of the molecule is CCCO[Si](C)(CC(C)(C)C)OC(CC)(C(C)(C)C)S(C)(C)[Si]. The standard InChI is InChI=1S/C18H41O2SSi2/c1-12-14-19-23(11,15-16(3,4)5)20-18(13-2,17(6,7)8)21(9,10)22/h12-15H2,1-11H3. The van der Waals surface area contributed by atoms with Gasteiger partial charge in [-0.3, -0.25) is 0 Å². The molecule has 0 N–H and O–H groups in total. The van der Waals surface area contributed by atoms with Crippen LogP contribution in [-0.2, 0) is 8.85 Å². The largest absolute Gasteiger partial charge is 0.394 e. The summed E-state index contributed by atoms with van der Waals surface area (Å²) in [6, 6.07) is 1.01. The first-order valence-electron chi connectivity index (χ1n) is 8.85. The van der Waals surface area contributed by atoms with Crippen molar-refractivity contribution in [3.63, 3.8) is 0 Å². The third-order valence-corrected chi connectivity index (χ3v) is 11.3. The van der Waals surface area contributed by atoms with Crippen LogP contribution < -0.4 is 0 Å². The van der Waals surface area contributed by atoms with Gasteiger partial charge in [0.1, 0.15) is 0 Å². The highest BCUT2D eigenvalue weighted by Gasteiger charge is 2.53. The summed E-state index contributed by atoms with van der Waals surface area (Å²) in [7, 11) is 0.682. The zero-order valence-electron chi connectivity index (χ0n) is 17.6. The van der Waals surface area contributed by atoms with Gasteiger partial charge in [-0.25, -0.2) is 9.48 Å². The van der Waals surface area contributed by atoms with Gasteiger partial charge in [-0.2, -0.15) is 0 Å². The molecule has 5 heteroatoms. The van der Waals surface area contributed by atoms with Crippen LogP contribution >= 0.6 is 9.48 Å². The molecule has 3 radical (unpaired) electrons. The second-order valence-corrected chi connectivity index (χ2v) is 19.0. The fourth-order valence-electron chi connectivity index (χ4n) is 3.73. The van der Waals surface area contributed by atoms with Crippen LogP contribution in [0, 0.1) is 10.8 Å². The van der Waals surface area contributed by atoms with Crippen LogP contribution in [0.2, 0.25) is 12.6 Å². The smallest absolute Gasteiger partial charge is 0.336 e. The van der Waals surface area contributed by atoms with Gasteiger partial charge in [-0.15, -0.1) is 0 Å². The van der Waals surface area contributed by atoms with Crippen molar-refractivity contribution in [1.82, 2.24) is 0 Å². The summed E-state index contributed by atoms with van der Waals surface area (Å²) >= 11 is 0. The molecule has 0 bridgehead atoms. The molecular weight excluding hydrogens is 336 g/mol. The molecule has 0 aliphatic carbocycles. The lowest BCUT2D eigenvalue weighted by Gasteiger charge is -2.59. The lowest BCUT2D eigenvalue weighted by molar-refractivity contribution is 0.00505. The van der Waals surface area contributed by atoms with E-state index in [0.29, 0.717) is 0 Å². The second kappa shape index (κ2) is 7.94. The molecule has 0 aromatic carbocycles. The second-order valence-electron chi connectivity index (χ2n) is 9.51. The predicted molar refractivity (Wildman–Crippen MR) is 111 cm³/mol. The van der Waals surface area contributed by atoms with E-state index in [-0.39, 0.29) is 15.8 Å². The van der Waals surface area contributed by atoms with E-state index < -0.39 is 18.0 Å². The van der Waals surface area contributed by atoms with E-state index in [1.165, 1.54) is 0 Å². The van der Waals surface area contributed by atoms with Crippen molar-refractivity contribution in [1.29, 1.82) is 0 Å². The van der Waals surface area contributed by atoms with Gasteiger partial charge in [0, 0.05) is 6.61 Å². The Labute approximate surface area is 152 Å². The van der Waals surface area contributed by atoms with E-state index in [9.17, 15) is 0 Å². The summed E-state index contributed by atoms with van der Waals surface area (Å²) < 4.78 is 13.5. The molecule has 0 aliphatic rings. The third kappa shape index (κ3) is 6.50. The predicted octanol–water partition coefficient (Wildman–Crippen LogP) is 5.85. The van der Waals surface area contributed by atoms with Crippen LogP contribution in [0.25, 0.3) is 0 Å². The van der Waals surface area contributed by atoms with Gasteiger partial charge in [0.05, 0.1) is 14.3 Å². The molecule has 0 amide bonds. The van der Waals surface area contributed by atoms with Crippen LogP contribution in [0.15, 0.2) is 0 Å². The molecule has 0 spiro atoms. The number of hydrogen-bond donors (Lipinski definition) is 0. The maximum absolute atomic E-state index is 7.09. The molecule has 0 saturated carbocycles. The molecule has 23 heavy (non-hydrogen) atoms. The van der Waals surface area contributed by atoms with E-state index in [1.807, 2.05) is 0 Å². The lowest BCUT2D eigenvalue weighted by Crippen LogP contribution is -2.57. The van der Waals surface area contributed by atoms with E-state index >= 15 is 0 Å². The Morgan fingerprint density at radius 1 is 1.00 bits per heavy atom. The van der Waals surface area contributed by atoms with Gasteiger partial charge in [-0.1, -0.05) is 55.4 Å². The molecule has 0 aromatic rings. The molecule has 0 rings (SSSR count). The zero-order valence-corrected chi connectivity index (χ0v) is 20.4. The fraction of sp³-hybridized carbons (Fsp3) is 1.00. The summed E-state index contributed by atoms with van der Waals surface area (Å²) in [5.74, 6) is 0. The van der Waals surface area contributed by atoms with E-state index in [0.717, 1.165) is 25.5 Å². The van der Waals surface area contributed by atoms with Gasteiger partial charge in [-0.05, 0) is 48.8 Å². The van der Waals surface area contributed by atoms with E-state index in [2.05, 4.69) is 83.8 Å². The van der Waals surface area contributed by atoms with Crippen LogP contribution in [0.5, 0.6) is 0 Å². The normalized spacial score (nSPS) is 20.0. The number of rotatable bonds is 8. The summed E-state index contributed by atoms with van der Waals surface area (Å²) in [5, 5.41) is 0. The van der Waals surface area contributed by atoms with Gasteiger partial charge < -0.3 is 8.85 Å². The molecule has 0 saturated heterocycles. The molecule has 0 aromatic heterocycles. The Kier molecular flexibility index (Phi) is 8.18. The van der Waals surface area contributed by atoms with Crippen molar-refractivity contribution in [3.8, 4) is 0 Å². The van der Waals surface area contributed by atoms with E-state index in [4.69, 9.17) is 8.85 Å². The summed E-state index contributed by atoms with van der Waals surface area (Å²) in [4.78, 5) is -0.198. The van der Waals surface area contributed by atoms with Crippen molar-refractivity contribution in [2.24, 2.45) is 10.8 Å². The maximum Gasteiger partial charge on any atom is 0.336 e. The zero-order chi connectivity index (χ0) is 18.7. The molecule has 2 unspecified atom stereocenters. The van der Waals surface area contributed by atoms with Gasteiger partial charge in [0.2, 0.25) is 0 Å². The first kappa shape index (κ1) is 23.7. The maximum atomic E-state index is 7.09. The monoisotopic (exact) mass is 377 g/mol. The van der Waals surface area contributed by atoms with Crippen LogP contribution in [-0.4, -0.2) is 42.0 Å². The molecule has 2 atom stereocenters. The van der Waals surface area contributed by atoms with E-state index in [1.54, 1.807) is 0 Å². The van der Waals surface area contributed by atoms with Crippen molar-refractivity contribution in [2.75, 3.05) is 19.1 Å². The average molecular weight is 378 g/mol. The van der Waals surface area contributed by atoms with Crippen LogP contribution in [0.1, 0.15) is 68.2 Å². The van der Waals surface area contributed by atoms with Crippen molar-refractivity contribution in [3.05, 3.63) is 0 Å². The third-order valence-electron chi connectivity index (χ3n) is 4.28. The highest BCUT2D eigenvalue weighted by atomic mass is 32.4. The number of hydrogen-bond acceptors (Lipinski definition) is 2. The van der Waals surface area contributed by atoms with Crippen molar-refractivity contribution in [2.45, 2.75) is 85.8 Å². The minimum absolute atomic E-state index is 0.0457.